The molecule has 174 valence electrons. The molecule has 0 radical (unpaired) electrons. The summed E-state index contributed by atoms with van der Waals surface area (Å²) in [4.78, 5) is 12.3. The van der Waals surface area contributed by atoms with Crippen molar-refractivity contribution in [2.75, 3.05) is 0 Å². The van der Waals surface area contributed by atoms with Crippen molar-refractivity contribution < 1.29 is 14.6 Å². The van der Waals surface area contributed by atoms with Gasteiger partial charge in [0.1, 0.15) is 5.78 Å². The Morgan fingerprint density at radius 2 is 1.84 bits per heavy atom. The zero-order valence-electron chi connectivity index (χ0n) is 19.7. The van der Waals surface area contributed by atoms with Crippen LogP contribution in [0.3, 0.4) is 0 Å². The lowest BCUT2D eigenvalue weighted by Gasteiger charge is -2.58. The van der Waals surface area contributed by atoms with Crippen LogP contribution in [0.4, 0.5) is 0 Å². The predicted octanol–water partition coefficient (Wildman–Crippen LogP) is 6.71. The van der Waals surface area contributed by atoms with Gasteiger partial charge < -0.3 is 9.84 Å². The smallest absolute Gasteiger partial charge is 0.169 e. The summed E-state index contributed by atoms with van der Waals surface area (Å²) >= 11 is 5.99. The Labute approximate surface area is 197 Å². The van der Waals surface area contributed by atoms with E-state index in [1.807, 2.05) is 24.3 Å². The molecule has 3 saturated carbocycles. The number of hydrogen-bond donors (Lipinski definition) is 1. The quantitative estimate of drug-likeness (QED) is 0.404. The van der Waals surface area contributed by atoms with Gasteiger partial charge in [0, 0.05) is 23.8 Å². The monoisotopic (exact) mass is 456 g/mol. The van der Waals surface area contributed by atoms with Crippen LogP contribution in [-0.4, -0.2) is 16.7 Å². The molecule has 3 fully saturated rings. The molecule has 1 aromatic carbocycles. The number of benzene rings is 1. The summed E-state index contributed by atoms with van der Waals surface area (Å²) in [6, 6.07) is 7.64. The summed E-state index contributed by atoms with van der Waals surface area (Å²) in [6.45, 7) is 7.04. The summed E-state index contributed by atoms with van der Waals surface area (Å²) in [5, 5.41) is 12.0. The van der Waals surface area contributed by atoms with Crippen LogP contribution in [0.25, 0.3) is 0 Å². The number of ketones is 1. The number of hydrogen-bond acceptors (Lipinski definition) is 3. The average Bonchev–Trinajstić information content (AvgIpc) is 3.12. The third kappa shape index (κ3) is 3.60. The Kier molecular flexibility index (Phi) is 5.63. The predicted molar refractivity (Wildman–Crippen MR) is 127 cm³/mol. The molecule has 5 rings (SSSR count). The van der Waals surface area contributed by atoms with E-state index in [0.717, 1.165) is 24.8 Å². The van der Waals surface area contributed by atoms with Crippen molar-refractivity contribution in [3.63, 3.8) is 0 Å². The van der Waals surface area contributed by atoms with E-state index in [-0.39, 0.29) is 16.7 Å². The average molecular weight is 457 g/mol. The van der Waals surface area contributed by atoms with Crippen LogP contribution in [-0.2, 0) is 16.1 Å². The number of fused-ring (bicyclic) bond motifs is 5. The van der Waals surface area contributed by atoms with Crippen molar-refractivity contribution in [2.45, 2.75) is 84.5 Å². The second kappa shape index (κ2) is 7.96. The third-order valence-corrected chi connectivity index (χ3v) is 10.3. The first-order chi connectivity index (χ1) is 15.1. The number of carbonyl (C=O) groups is 1. The van der Waals surface area contributed by atoms with Crippen molar-refractivity contribution in [1.29, 1.82) is 0 Å². The summed E-state index contributed by atoms with van der Waals surface area (Å²) in [5.41, 5.74) is 2.76. The summed E-state index contributed by atoms with van der Waals surface area (Å²) in [6.07, 6.45) is 10.4. The normalized spacial score (nSPS) is 43.1. The summed E-state index contributed by atoms with van der Waals surface area (Å²) in [5.74, 6) is 1.55. The lowest BCUT2D eigenvalue weighted by molar-refractivity contribution is -0.231. The third-order valence-electron chi connectivity index (χ3n) is 10.0. The maximum Gasteiger partial charge on any atom is 0.169 e. The van der Waals surface area contributed by atoms with Crippen molar-refractivity contribution in [2.24, 2.45) is 34.5 Å². The lowest BCUT2D eigenvalue weighted by Crippen LogP contribution is -2.52. The number of allylic oxidation sites excluding steroid dienone is 1. The van der Waals surface area contributed by atoms with Gasteiger partial charge in [-0.05, 0) is 91.7 Å². The van der Waals surface area contributed by atoms with Crippen molar-refractivity contribution in [3.05, 3.63) is 46.5 Å². The highest BCUT2D eigenvalue weighted by atomic mass is 35.5. The van der Waals surface area contributed by atoms with E-state index in [9.17, 15) is 9.90 Å². The molecule has 32 heavy (non-hydrogen) atoms. The fourth-order valence-electron chi connectivity index (χ4n) is 8.21. The molecule has 7 unspecified atom stereocenters. The number of carbonyl (C=O) groups excluding carboxylic acids is 1. The molecule has 0 spiro atoms. The first-order valence-corrected chi connectivity index (χ1v) is 12.8. The van der Waals surface area contributed by atoms with Gasteiger partial charge in [0.25, 0.3) is 0 Å². The maximum atomic E-state index is 12.3. The minimum Gasteiger partial charge on any atom is -0.365 e. The largest absolute Gasteiger partial charge is 0.365 e. The summed E-state index contributed by atoms with van der Waals surface area (Å²) in [7, 11) is 0. The Morgan fingerprint density at radius 1 is 1.09 bits per heavy atom. The SMILES string of the molecule is CC(=O)C1CCC2C3CC=C4CC(O)(OCc5ccc(Cl)cc5)CCC4(C)C3CCC12C. The van der Waals surface area contributed by atoms with Gasteiger partial charge in [-0.2, -0.15) is 0 Å². The minimum atomic E-state index is -1.09. The van der Waals surface area contributed by atoms with E-state index in [1.54, 1.807) is 6.92 Å². The number of Topliss-reactive ketones (excluding diaryl/α,β-unsaturated/α-hetero) is 1. The molecule has 0 aliphatic heterocycles. The second-order valence-corrected chi connectivity index (χ2v) is 12.0. The molecule has 0 heterocycles. The van der Waals surface area contributed by atoms with Crippen LogP contribution in [0.2, 0.25) is 5.02 Å². The molecule has 0 saturated heterocycles. The molecule has 0 amide bonds. The van der Waals surface area contributed by atoms with Crippen LogP contribution in [0.15, 0.2) is 35.9 Å². The molecule has 1 N–H and O–H groups in total. The van der Waals surface area contributed by atoms with Gasteiger partial charge in [-0.1, -0.05) is 49.2 Å². The van der Waals surface area contributed by atoms with E-state index < -0.39 is 5.79 Å². The molecule has 3 nitrogen and oxygen atoms in total. The Morgan fingerprint density at radius 3 is 2.56 bits per heavy atom. The first kappa shape index (κ1) is 22.6. The fourth-order valence-corrected chi connectivity index (χ4v) is 8.33. The van der Waals surface area contributed by atoms with Gasteiger partial charge in [0.15, 0.2) is 5.79 Å². The maximum absolute atomic E-state index is 12.3. The standard InChI is InChI=1S/C28H37ClO3/c1-18(30)23-10-11-24-22-9-6-20-16-28(31,32-17-19-4-7-21(29)8-5-19)15-14-26(20,2)25(22)12-13-27(23,24)3/h4-8,22-25,31H,9-17H2,1-3H3. The molecular weight excluding hydrogens is 420 g/mol. The molecule has 4 aliphatic carbocycles. The molecular formula is C28H37ClO3. The van der Waals surface area contributed by atoms with E-state index in [4.69, 9.17) is 16.3 Å². The van der Waals surface area contributed by atoms with Gasteiger partial charge in [-0.25, -0.2) is 0 Å². The zero-order chi connectivity index (χ0) is 22.7. The van der Waals surface area contributed by atoms with Crippen molar-refractivity contribution in [3.8, 4) is 0 Å². The Hall–Kier alpha value is -1.16. The minimum absolute atomic E-state index is 0.147. The van der Waals surface area contributed by atoms with Gasteiger partial charge in [0.2, 0.25) is 0 Å². The van der Waals surface area contributed by atoms with E-state index >= 15 is 0 Å². The summed E-state index contributed by atoms with van der Waals surface area (Å²) < 4.78 is 6.09. The van der Waals surface area contributed by atoms with E-state index in [0.29, 0.717) is 48.0 Å². The second-order valence-electron chi connectivity index (χ2n) is 11.6. The molecule has 4 heteroatoms. The highest BCUT2D eigenvalue weighted by molar-refractivity contribution is 6.30. The lowest BCUT2D eigenvalue weighted by atomic mass is 9.47. The van der Waals surface area contributed by atoms with Crippen LogP contribution < -0.4 is 0 Å². The molecule has 1 aromatic rings. The Balaban J connectivity index is 1.32. The van der Waals surface area contributed by atoms with Crippen LogP contribution in [0.5, 0.6) is 0 Å². The number of rotatable bonds is 4. The topological polar surface area (TPSA) is 46.5 Å². The van der Waals surface area contributed by atoms with Gasteiger partial charge in [-0.3, -0.25) is 4.79 Å². The highest BCUT2D eigenvalue weighted by Crippen LogP contribution is 2.66. The first-order valence-electron chi connectivity index (χ1n) is 12.5. The number of halogens is 1. The number of ether oxygens (including phenoxy) is 1. The Bertz CT molecular complexity index is 923. The van der Waals surface area contributed by atoms with E-state index in [2.05, 4.69) is 19.9 Å². The molecule has 7 atom stereocenters. The van der Waals surface area contributed by atoms with Crippen LogP contribution in [0.1, 0.15) is 77.7 Å². The van der Waals surface area contributed by atoms with Crippen LogP contribution in [0, 0.1) is 34.5 Å². The van der Waals surface area contributed by atoms with Crippen LogP contribution >= 0.6 is 11.6 Å². The molecule has 0 bridgehead atoms. The molecule has 0 aromatic heterocycles. The highest BCUT2D eigenvalue weighted by Gasteiger charge is 2.60. The van der Waals surface area contributed by atoms with Gasteiger partial charge in [0.05, 0.1) is 6.61 Å². The van der Waals surface area contributed by atoms with Gasteiger partial charge >= 0.3 is 0 Å². The molecule has 4 aliphatic rings. The fraction of sp³-hybridized carbons (Fsp3) is 0.679. The zero-order valence-corrected chi connectivity index (χ0v) is 20.5. The van der Waals surface area contributed by atoms with Gasteiger partial charge in [-0.15, -0.1) is 0 Å². The van der Waals surface area contributed by atoms with Crippen molar-refractivity contribution in [1.82, 2.24) is 0 Å². The van der Waals surface area contributed by atoms with Crippen molar-refractivity contribution >= 4 is 17.4 Å². The van der Waals surface area contributed by atoms with E-state index in [1.165, 1.54) is 24.8 Å². The number of aliphatic hydroxyl groups is 1.